The maximum atomic E-state index is 15.8. The maximum Gasteiger partial charge on any atom is 0.350 e. The van der Waals surface area contributed by atoms with Gasteiger partial charge >= 0.3 is 35.8 Å². The molecule has 0 unspecified atom stereocenters. The van der Waals surface area contributed by atoms with Gasteiger partial charge in [-0.2, -0.15) is 0 Å². The highest BCUT2D eigenvalue weighted by molar-refractivity contribution is 5.97. The lowest BCUT2D eigenvalue weighted by Gasteiger charge is -2.67. The molecule has 406 valence electrons. The van der Waals surface area contributed by atoms with E-state index in [-0.39, 0.29) is 34.3 Å². The number of nitrogens with one attached hydrogen (secondary N) is 2. The van der Waals surface area contributed by atoms with Crippen LogP contribution in [0, 0.1) is 16.7 Å². The Morgan fingerprint density at radius 2 is 1.39 bits per heavy atom. The quantitative estimate of drug-likeness (QED) is 0.0643. The lowest BCUT2D eigenvalue weighted by molar-refractivity contribution is -0.346. The van der Waals surface area contributed by atoms with Crippen LogP contribution in [0.5, 0.6) is 0 Å². The highest BCUT2D eigenvalue weighted by Crippen LogP contribution is 2.64. The largest absolute Gasteiger partial charge is 0.480 e. The van der Waals surface area contributed by atoms with Crippen molar-refractivity contribution in [2.45, 2.75) is 140 Å². The molecule has 0 aromatic heterocycles. The number of fused-ring (bicyclic) bond motifs is 5. The Hall–Kier alpha value is -7.33. The molecule has 0 spiro atoms. The third-order valence-corrected chi connectivity index (χ3v) is 15.3. The van der Waals surface area contributed by atoms with Crippen molar-refractivity contribution < 1.29 is 92.0 Å². The van der Waals surface area contributed by atoms with Crippen molar-refractivity contribution in [3.05, 3.63) is 119 Å². The van der Waals surface area contributed by atoms with Gasteiger partial charge in [-0.15, -0.1) is 0 Å². The summed E-state index contributed by atoms with van der Waals surface area (Å²) in [5, 5.41) is 50.4. The van der Waals surface area contributed by atoms with E-state index in [4.69, 9.17) is 28.4 Å². The van der Waals surface area contributed by atoms with Gasteiger partial charge < -0.3 is 59.5 Å². The maximum absolute atomic E-state index is 15.8. The molecule has 0 radical (unpaired) electrons. The zero-order chi connectivity index (χ0) is 55.7. The molecule has 2 saturated carbocycles. The van der Waals surface area contributed by atoms with Gasteiger partial charge in [0.2, 0.25) is 12.0 Å². The number of amides is 2. The number of ketones is 1. The molecule has 2 amide bonds. The van der Waals surface area contributed by atoms with Crippen molar-refractivity contribution in [1.29, 1.82) is 0 Å². The van der Waals surface area contributed by atoms with E-state index in [1.807, 2.05) is 0 Å². The third kappa shape index (κ3) is 10.6. The van der Waals surface area contributed by atoms with E-state index in [2.05, 4.69) is 10.6 Å². The number of aliphatic carboxylic acids is 1. The van der Waals surface area contributed by atoms with Gasteiger partial charge in [-0.05, 0) is 61.7 Å². The van der Waals surface area contributed by atoms with Crippen LogP contribution in [0.2, 0.25) is 0 Å². The SMILES string of the molecule is CC(=O)O[C@H]1C(=O)[C@@]2(C)[C@H]([C@H](OC(=O)c3ccccc3)[C@]3(O)C[C@H](OC(=O)[C@H](OC(=O)CCC(=O)N[C@H](C(=O)O)[C@H](C)O)[C@@H](NC(=O)c4ccccc4)c4ccccc4)C(C)=C1C3(C)C)[C@]1(OC(C)=O)CO[C@@H]1C[C@@H]2O. The summed E-state index contributed by atoms with van der Waals surface area (Å²) in [6, 6.07) is 20.0. The number of rotatable bonds is 17. The van der Waals surface area contributed by atoms with E-state index in [1.165, 1.54) is 64.1 Å². The van der Waals surface area contributed by atoms with Crippen molar-refractivity contribution in [1.82, 2.24) is 10.6 Å². The Labute approximate surface area is 437 Å². The highest BCUT2D eigenvalue weighted by atomic mass is 16.6. The fraction of sp³-hybridized carbons (Fsp3) is 0.473. The Bertz CT molecular complexity index is 2780. The van der Waals surface area contributed by atoms with Crippen LogP contribution in [0.1, 0.15) is 106 Å². The summed E-state index contributed by atoms with van der Waals surface area (Å²) in [4.78, 5) is 124. The van der Waals surface area contributed by atoms with Crippen molar-refractivity contribution in [3.63, 3.8) is 0 Å². The molecule has 21 heteroatoms. The van der Waals surface area contributed by atoms with Crippen LogP contribution in [0.15, 0.2) is 102 Å². The van der Waals surface area contributed by atoms with Crippen LogP contribution in [0.3, 0.4) is 0 Å². The minimum atomic E-state index is -2.55. The van der Waals surface area contributed by atoms with Crippen molar-refractivity contribution in [3.8, 4) is 0 Å². The number of aliphatic hydroxyl groups is 3. The number of aliphatic hydroxyl groups excluding tert-OH is 2. The molecular formula is C55H62N2O19. The first-order valence-corrected chi connectivity index (χ1v) is 24.7. The molecule has 4 aliphatic rings. The number of carbonyl (C=O) groups is 9. The number of carboxylic acid groups (broad SMARTS) is 1. The van der Waals surface area contributed by atoms with Gasteiger partial charge in [0.05, 0.1) is 42.1 Å². The van der Waals surface area contributed by atoms with Crippen molar-refractivity contribution in [2.75, 3.05) is 6.61 Å². The Morgan fingerprint density at radius 3 is 1.93 bits per heavy atom. The Morgan fingerprint density at radius 1 is 0.803 bits per heavy atom. The zero-order valence-electron chi connectivity index (χ0n) is 42.9. The zero-order valence-corrected chi connectivity index (χ0v) is 42.9. The van der Waals surface area contributed by atoms with Gasteiger partial charge in [0.1, 0.15) is 30.0 Å². The van der Waals surface area contributed by atoms with Crippen LogP contribution in [-0.2, 0) is 62.0 Å². The molecule has 1 saturated heterocycles. The Kier molecular flexibility index (Phi) is 16.4. The number of hydrogen-bond acceptors (Lipinski definition) is 18. The minimum absolute atomic E-state index is 0.00174. The number of carboxylic acids is 1. The van der Waals surface area contributed by atoms with Crippen molar-refractivity contribution >= 4 is 53.4 Å². The van der Waals surface area contributed by atoms with E-state index >= 15 is 9.59 Å². The first kappa shape index (κ1) is 56.4. The molecule has 13 atom stereocenters. The molecule has 21 nitrogen and oxygen atoms in total. The van der Waals surface area contributed by atoms with Crippen molar-refractivity contribution in [2.24, 2.45) is 16.7 Å². The normalized spacial score (nSPS) is 28.8. The van der Waals surface area contributed by atoms with Crippen LogP contribution >= 0.6 is 0 Å². The van der Waals surface area contributed by atoms with E-state index in [1.54, 1.807) is 54.6 Å². The molecule has 3 fully saturated rings. The average Bonchev–Trinajstić information content (AvgIpc) is 3.48. The fourth-order valence-corrected chi connectivity index (χ4v) is 11.3. The van der Waals surface area contributed by atoms with E-state index in [9.17, 15) is 54.0 Å². The summed E-state index contributed by atoms with van der Waals surface area (Å²) in [5.41, 5.74) is -8.12. The van der Waals surface area contributed by atoms with Crippen LogP contribution in [0.25, 0.3) is 0 Å². The molecular weight excluding hydrogens is 993 g/mol. The summed E-state index contributed by atoms with van der Waals surface area (Å²) >= 11 is 0. The summed E-state index contributed by atoms with van der Waals surface area (Å²) in [6.45, 7) is 8.68. The third-order valence-electron chi connectivity index (χ3n) is 15.3. The fourth-order valence-electron chi connectivity index (χ4n) is 11.3. The van der Waals surface area contributed by atoms with Gasteiger partial charge in [0.15, 0.2) is 23.5 Å². The average molecular weight is 1060 g/mol. The lowest BCUT2D eigenvalue weighted by atomic mass is 9.44. The lowest BCUT2D eigenvalue weighted by Crippen LogP contribution is -2.82. The molecule has 3 aromatic rings. The van der Waals surface area contributed by atoms with Gasteiger partial charge in [-0.25, -0.2) is 14.4 Å². The topological polar surface area (TPSA) is 314 Å². The summed E-state index contributed by atoms with van der Waals surface area (Å²) < 4.78 is 36.5. The number of carbonyl (C=O) groups excluding carboxylic acids is 8. The molecule has 1 aliphatic heterocycles. The first-order valence-electron chi connectivity index (χ1n) is 24.7. The predicted molar refractivity (Wildman–Crippen MR) is 262 cm³/mol. The second kappa shape index (κ2) is 22.1. The number of benzene rings is 3. The van der Waals surface area contributed by atoms with Gasteiger partial charge in [0, 0.05) is 44.1 Å². The Balaban J connectivity index is 1.38. The number of esters is 5. The smallest absolute Gasteiger partial charge is 0.350 e. The monoisotopic (exact) mass is 1050 g/mol. The van der Waals surface area contributed by atoms with Gasteiger partial charge in [-0.1, -0.05) is 80.6 Å². The molecule has 2 bridgehead atoms. The van der Waals surface area contributed by atoms with Crippen LogP contribution < -0.4 is 10.6 Å². The van der Waals surface area contributed by atoms with Gasteiger partial charge in [0.25, 0.3) is 5.91 Å². The predicted octanol–water partition coefficient (Wildman–Crippen LogP) is 3.02. The number of Topliss-reactive ketones (excluding diaryl/α,β-unsaturated/α-hetero) is 1. The molecule has 7 rings (SSSR count). The van der Waals surface area contributed by atoms with Crippen LogP contribution in [-0.4, -0.2) is 140 Å². The summed E-state index contributed by atoms with van der Waals surface area (Å²) in [5.74, 6) is -11.3. The molecule has 1 heterocycles. The van der Waals surface area contributed by atoms with E-state index in [0.717, 1.165) is 20.8 Å². The number of ether oxygens (including phenoxy) is 6. The standard InChI is InChI=1S/C55H62N2O19/c1-28-35(73-51(69)44(74-39(63)24-23-38(62)56-41(29(2)58)49(66)67)42(32-17-11-8-12-18-32)57-48(65)33-19-13-9-14-20-33)26-55(70)47(75-50(68)34-21-15-10-16-22-34)45-53(7,36(61)25-37-54(45,27-71-37)76-31(4)60)46(64)43(72-30(3)59)40(28)52(55,5)6/h8-22,29,35-37,41-45,47,58,61,70H,23-27H2,1-7H3,(H,56,62)(H,57,65)(H,66,67)/t29-,35-,36-,37+,41-,42-,43+,44+,45-,47-,53+,54-,55+/m0/s1. The van der Waals surface area contributed by atoms with E-state index in [0.29, 0.717) is 0 Å². The second-order valence-electron chi connectivity index (χ2n) is 20.4. The number of hydrogen-bond donors (Lipinski definition) is 6. The highest BCUT2D eigenvalue weighted by Gasteiger charge is 2.78. The molecule has 3 aromatic carbocycles. The van der Waals surface area contributed by atoms with Gasteiger partial charge in [-0.3, -0.25) is 28.8 Å². The minimum Gasteiger partial charge on any atom is -0.480 e. The summed E-state index contributed by atoms with van der Waals surface area (Å²) in [7, 11) is 0. The molecule has 76 heavy (non-hydrogen) atoms. The molecule has 6 N–H and O–H groups in total. The summed E-state index contributed by atoms with van der Waals surface area (Å²) in [6.07, 6.45) is -14.4. The van der Waals surface area contributed by atoms with Crippen LogP contribution in [0.4, 0.5) is 0 Å². The molecule has 3 aliphatic carbocycles. The first-order chi connectivity index (χ1) is 35.8. The van der Waals surface area contributed by atoms with E-state index < -0.39 is 162 Å². The second-order valence-corrected chi connectivity index (χ2v) is 20.4.